The molecule has 90 valence electrons. The van der Waals surface area contributed by atoms with Crippen molar-refractivity contribution in [3.63, 3.8) is 0 Å². The summed E-state index contributed by atoms with van der Waals surface area (Å²) in [6, 6.07) is 3.12. The minimum atomic E-state index is -0.974. The number of ether oxygens (including phenoxy) is 1. The van der Waals surface area contributed by atoms with Crippen LogP contribution >= 0.6 is 11.6 Å². The van der Waals surface area contributed by atoms with Gasteiger partial charge in [0.25, 0.3) is 5.91 Å². The van der Waals surface area contributed by atoms with Crippen LogP contribution in [0.1, 0.15) is 5.56 Å². The molecule has 1 aliphatic rings. The highest BCUT2D eigenvalue weighted by atomic mass is 35.5. The minimum Gasteiger partial charge on any atom is -0.481 e. The number of likely N-dealkylation sites (N-methyl/N-ethyl adjacent to an activating group) is 1. The summed E-state index contributed by atoms with van der Waals surface area (Å²) >= 11 is 5.89. The summed E-state index contributed by atoms with van der Waals surface area (Å²) in [4.78, 5) is 23.6. The number of amides is 1. The van der Waals surface area contributed by atoms with Crippen molar-refractivity contribution < 1.29 is 19.4 Å². The molecular formula is C11H10ClNO4. The lowest BCUT2D eigenvalue weighted by Gasteiger charge is -2.27. The summed E-state index contributed by atoms with van der Waals surface area (Å²) in [7, 11) is 1.60. The third kappa shape index (κ3) is 2.19. The molecule has 0 fully saturated rings. The SMILES string of the molecule is CN1C(=O)COc2c(CC(=O)O)cc(Cl)cc21. The third-order valence-corrected chi connectivity index (χ3v) is 2.75. The number of nitrogens with zero attached hydrogens (tertiary/aromatic N) is 1. The average Bonchev–Trinajstić information content (AvgIpc) is 2.23. The summed E-state index contributed by atoms with van der Waals surface area (Å²) in [5.74, 6) is -0.752. The number of carbonyl (C=O) groups excluding carboxylic acids is 1. The van der Waals surface area contributed by atoms with E-state index >= 15 is 0 Å². The number of aliphatic carboxylic acids is 1. The number of benzene rings is 1. The van der Waals surface area contributed by atoms with Gasteiger partial charge in [0, 0.05) is 17.6 Å². The Balaban J connectivity index is 2.52. The Kier molecular flexibility index (Phi) is 2.93. The molecule has 0 bridgehead atoms. The van der Waals surface area contributed by atoms with Gasteiger partial charge in [-0.2, -0.15) is 0 Å². The van der Waals surface area contributed by atoms with Crippen LogP contribution in [-0.2, 0) is 16.0 Å². The maximum atomic E-state index is 11.4. The molecular weight excluding hydrogens is 246 g/mol. The second-order valence-electron chi connectivity index (χ2n) is 3.73. The van der Waals surface area contributed by atoms with Gasteiger partial charge in [-0.15, -0.1) is 0 Å². The number of carboxylic acids is 1. The molecule has 1 aromatic rings. The molecule has 0 aliphatic carbocycles. The summed E-state index contributed by atoms with van der Waals surface area (Å²) in [6.45, 7) is -0.0856. The van der Waals surface area contributed by atoms with E-state index in [9.17, 15) is 9.59 Å². The monoisotopic (exact) mass is 255 g/mol. The van der Waals surface area contributed by atoms with Crippen LogP contribution in [0.3, 0.4) is 0 Å². The van der Waals surface area contributed by atoms with Crippen molar-refractivity contribution >= 4 is 29.2 Å². The fourth-order valence-corrected chi connectivity index (χ4v) is 1.94. The van der Waals surface area contributed by atoms with Gasteiger partial charge in [-0.05, 0) is 12.1 Å². The van der Waals surface area contributed by atoms with Crippen molar-refractivity contribution in [2.75, 3.05) is 18.6 Å². The molecule has 0 radical (unpaired) electrons. The van der Waals surface area contributed by atoms with Crippen LogP contribution in [0.15, 0.2) is 12.1 Å². The second-order valence-corrected chi connectivity index (χ2v) is 4.16. The molecule has 17 heavy (non-hydrogen) atoms. The standard InChI is InChI=1S/C11H10ClNO4/c1-13-8-4-7(12)2-6(3-10(15)16)11(8)17-5-9(13)14/h2,4H,3,5H2,1H3,(H,15,16). The summed E-state index contributed by atoms with van der Waals surface area (Å²) in [5, 5.41) is 9.18. The molecule has 6 heteroatoms. The molecule has 0 aromatic heterocycles. The van der Waals surface area contributed by atoms with Crippen LogP contribution in [0.5, 0.6) is 5.75 Å². The number of halogens is 1. The van der Waals surface area contributed by atoms with E-state index < -0.39 is 5.97 Å². The summed E-state index contributed by atoms with van der Waals surface area (Å²) in [5.41, 5.74) is 0.976. The highest BCUT2D eigenvalue weighted by Crippen LogP contribution is 2.37. The maximum Gasteiger partial charge on any atom is 0.307 e. The van der Waals surface area contributed by atoms with Gasteiger partial charge in [-0.3, -0.25) is 9.59 Å². The Hall–Kier alpha value is -1.75. The van der Waals surface area contributed by atoms with Gasteiger partial charge < -0.3 is 14.7 Å². The van der Waals surface area contributed by atoms with E-state index in [4.69, 9.17) is 21.4 Å². The highest BCUT2D eigenvalue weighted by Gasteiger charge is 2.25. The van der Waals surface area contributed by atoms with Crippen molar-refractivity contribution in [1.82, 2.24) is 0 Å². The Labute approximate surface area is 103 Å². The molecule has 0 atom stereocenters. The molecule has 1 N–H and O–H groups in total. The largest absolute Gasteiger partial charge is 0.481 e. The maximum absolute atomic E-state index is 11.4. The lowest BCUT2D eigenvalue weighted by Crippen LogP contribution is -2.36. The van der Waals surface area contributed by atoms with Crippen molar-refractivity contribution in [2.24, 2.45) is 0 Å². The number of anilines is 1. The molecule has 1 heterocycles. The first-order chi connectivity index (χ1) is 7.99. The first-order valence-electron chi connectivity index (χ1n) is 4.92. The smallest absolute Gasteiger partial charge is 0.307 e. The first-order valence-corrected chi connectivity index (χ1v) is 5.30. The summed E-state index contributed by atoms with van der Waals surface area (Å²) < 4.78 is 5.28. The van der Waals surface area contributed by atoms with Crippen LogP contribution in [0, 0.1) is 0 Å². The molecule has 5 nitrogen and oxygen atoms in total. The molecule has 1 amide bonds. The van der Waals surface area contributed by atoms with E-state index in [2.05, 4.69) is 0 Å². The Bertz CT molecular complexity index is 500. The third-order valence-electron chi connectivity index (χ3n) is 2.53. The van der Waals surface area contributed by atoms with Gasteiger partial charge in [0.2, 0.25) is 0 Å². The highest BCUT2D eigenvalue weighted by molar-refractivity contribution is 6.31. The molecule has 1 aromatic carbocycles. The predicted molar refractivity (Wildman–Crippen MR) is 61.7 cm³/mol. The van der Waals surface area contributed by atoms with Gasteiger partial charge in [0.1, 0.15) is 5.75 Å². The Morgan fingerprint density at radius 3 is 2.94 bits per heavy atom. The van der Waals surface area contributed by atoms with Gasteiger partial charge in [-0.1, -0.05) is 11.6 Å². The van der Waals surface area contributed by atoms with Crippen molar-refractivity contribution in [2.45, 2.75) is 6.42 Å². The normalized spacial score (nSPS) is 14.2. The first kappa shape index (κ1) is 11.7. The average molecular weight is 256 g/mol. The zero-order chi connectivity index (χ0) is 12.6. The number of hydrogen-bond acceptors (Lipinski definition) is 3. The van der Waals surface area contributed by atoms with E-state index in [0.29, 0.717) is 22.0 Å². The molecule has 0 unspecified atom stereocenters. The number of carboxylic acid groups (broad SMARTS) is 1. The van der Waals surface area contributed by atoms with Crippen LogP contribution in [0.4, 0.5) is 5.69 Å². The number of fused-ring (bicyclic) bond motifs is 1. The lowest BCUT2D eigenvalue weighted by molar-refractivity contribution is -0.136. The molecule has 1 aliphatic heterocycles. The summed E-state index contributed by atoms with van der Waals surface area (Å²) in [6.07, 6.45) is -0.190. The fraction of sp³-hybridized carbons (Fsp3) is 0.273. The Morgan fingerprint density at radius 2 is 2.29 bits per heavy atom. The predicted octanol–water partition coefficient (Wildman–Crippen LogP) is 1.32. The molecule has 2 rings (SSSR count). The van der Waals surface area contributed by atoms with Crippen LogP contribution < -0.4 is 9.64 Å². The molecule has 0 spiro atoms. The molecule has 0 saturated heterocycles. The minimum absolute atomic E-state index is 0.0856. The Morgan fingerprint density at radius 1 is 1.59 bits per heavy atom. The number of carbonyl (C=O) groups is 2. The number of hydrogen-bond donors (Lipinski definition) is 1. The van der Waals surface area contributed by atoms with Gasteiger partial charge in [0.15, 0.2) is 6.61 Å². The van der Waals surface area contributed by atoms with Crippen molar-refractivity contribution in [3.05, 3.63) is 22.7 Å². The van der Waals surface area contributed by atoms with Crippen molar-refractivity contribution in [3.8, 4) is 5.75 Å². The second kappa shape index (κ2) is 4.25. The zero-order valence-corrected chi connectivity index (χ0v) is 9.82. The topological polar surface area (TPSA) is 66.8 Å². The van der Waals surface area contributed by atoms with Gasteiger partial charge >= 0.3 is 5.97 Å². The van der Waals surface area contributed by atoms with Crippen molar-refractivity contribution in [1.29, 1.82) is 0 Å². The van der Waals surface area contributed by atoms with Crippen LogP contribution in [0.2, 0.25) is 5.02 Å². The van der Waals surface area contributed by atoms with E-state index in [1.807, 2.05) is 0 Å². The van der Waals surface area contributed by atoms with Crippen LogP contribution in [0.25, 0.3) is 0 Å². The van der Waals surface area contributed by atoms with E-state index in [0.717, 1.165) is 0 Å². The molecule has 0 saturated carbocycles. The van der Waals surface area contributed by atoms with E-state index in [1.165, 1.54) is 11.0 Å². The fourth-order valence-electron chi connectivity index (χ4n) is 1.71. The van der Waals surface area contributed by atoms with E-state index in [1.54, 1.807) is 13.1 Å². The van der Waals surface area contributed by atoms with Gasteiger partial charge in [0.05, 0.1) is 12.1 Å². The zero-order valence-electron chi connectivity index (χ0n) is 9.07. The quantitative estimate of drug-likeness (QED) is 0.866. The van der Waals surface area contributed by atoms with Crippen LogP contribution in [-0.4, -0.2) is 30.6 Å². The van der Waals surface area contributed by atoms with E-state index in [-0.39, 0.29) is 18.9 Å². The lowest BCUT2D eigenvalue weighted by atomic mass is 10.1. The van der Waals surface area contributed by atoms with Gasteiger partial charge in [-0.25, -0.2) is 0 Å². The number of rotatable bonds is 2.